The number of pyridine rings is 1. The molecule has 1 heterocycles. The summed E-state index contributed by atoms with van der Waals surface area (Å²) >= 11 is 0. The van der Waals surface area contributed by atoms with Crippen molar-refractivity contribution in [2.45, 2.75) is 25.1 Å². The van der Waals surface area contributed by atoms with E-state index in [4.69, 9.17) is 4.74 Å². The van der Waals surface area contributed by atoms with Gasteiger partial charge in [-0.1, -0.05) is 6.07 Å². The molecule has 9 nitrogen and oxygen atoms in total. The van der Waals surface area contributed by atoms with Crippen LogP contribution in [0, 0.1) is 11.6 Å². The largest absolute Gasteiger partial charge is 0.491 e. The number of rotatable bonds is 7. The van der Waals surface area contributed by atoms with Crippen LogP contribution in [0.5, 0.6) is 5.75 Å². The minimum atomic E-state index is -5.26. The summed E-state index contributed by atoms with van der Waals surface area (Å²) in [5, 5.41) is 19.9. The van der Waals surface area contributed by atoms with Crippen LogP contribution < -0.4 is 15.5 Å². The molecule has 2 aromatic rings. The number of hydrogen-bond acceptors (Lipinski definition) is 7. The zero-order valence-electron chi connectivity index (χ0n) is 16.9. The molecule has 0 aliphatic carbocycles. The highest BCUT2D eigenvalue weighted by Gasteiger charge is 2.44. The fourth-order valence-electron chi connectivity index (χ4n) is 2.90. The second-order valence-electron chi connectivity index (χ2n) is 6.49. The summed E-state index contributed by atoms with van der Waals surface area (Å²) in [5.74, 6) is -6.43. The van der Waals surface area contributed by atoms with E-state index in [-0.39, 0.29) is 6.07 Å². The predicted molar refractivity (Wildman–Crippen MR) is 99.4 cm³/mol. The second kappa shape index (κ2) is 9.95. The van der Waals surface area contributed by atoms with Crippen LogP contribution in [0.15, 0.2) is 29.2 Å². The van der Waals surface area contributed by atoms with Gasteiger partial charge in [-0.15, -0.1) is 0 Å². The van der Waals surface area contributed by atoms with Crippen molar-refractivity contribution in [3.8, 4) is 5.75 Å². The Morgan fingerprint density at radius 1 is 1.18 bits per heavy atom. The van der Waals surface area contributed by atoms with E-state index in [9.17, 15) is 46.5 Å². The summed E-state index contributed by atoms with van der Waals surface area (Å²) in [7, 11) is 1.84. The van der Waals surface area contributed by atoms with Crippen LogP contribution in [0.1, 0.15) is 32.5 Å². The molecule has 1 amide bonds. The summed E-state index contributed by atoms with van der Waals surface area (Å²) in [6, 6.07) is -1.77. The molecule has 0 saturated heterocycles. The average molecular weight is 480 g/mol. The molecule has 0 bridgehead atoms. The van der Waals surface area contributed by atoms with Gasteiger partial charge in [-0.2, -0.15) is 13.2 Å². The van der Waals surface area contributed by atoms with Gasteiger partial charge >= 0.3 is 12.1 Å². The molecule has 33 heavy (non-hydrogen) atoms. The van der Waals surface area contributed by atoms with Gasteiger partial charge in [0.25, 0.3) is 5.91 Å². The Labute approximate surface area is 182 Å². The fourth-order valence-corrected chi connectivity index (χ4v) is 2.90. The van der Waals surface area contributed by atoms with Gasteiger partial charge in [-0.3, -0.25) is 9.59 Å². The Hall–Kier alpha value is -3.52. The van der Waals surface area contributed by atoms with Crippen molar-refractivity contribution in [2.75, 3.05) is 14.2 Å². The van der Waals surface area contributed by atoms with E-state index in [1.807, 2.05) is 0 Å². The quantitative estimate of drug-likeness (QED) is 0.310. The molecule has 0 fully saturated rings. The fraction of sp³-hybridized carbons (Fsp3) is 0.316. The number of aromatic nitrogens is 1. The van der Waals surface area contributed by atoms with E-state index in [0.29, 0.717) is 22.9 Å². The number of nitrogens with zero attached hydrogens (tertiary/aromatic N) is 1. The molecule has 0 unspecified atom stereocenters. The van der Waals surface area contributed by atoms with E-state index in [2.05, 4.69) is 4.74 Å². The number of hydrogen-bond donors (Lipinski definition) is 3. The Bertz CT molecular complexity index is 1110. The molecular weight excluding hydrogens is 463 g/mol. The van der Waals surface area contributed by atoms with Crippen molar-refractivity contribution in [3.05, 3.63) is 63.1 Å². The summed E-state index contributed by atoms with van der Waals surface area (Å²) < 4.78 is 77.7. The number of aliphatic hydroxyl groups excluding tert-OH is 1. The van der Waals surface area contributed by atoms with Crippen molar-refractivity contribution < 1.29 is 51.2 Å². The van der Waals surface area contributed by atoms with Crippen LogP contribution in [0.3, 0.4) is 0 Å². The molecular formula is C19H17F5N2O7. The third-order valence-electron chi connectivity index (χ3n) is 4.30. The number of carbonyl (C=O) groups excluding carboxylic acids is 2. The second-order valence-corrected chi connectivity index (χ2v) is 6.49. The average Bonchev–Trinajstić information content (AvgIpc) is 2.71. The lowest BCUT2D eigenvalue weighted by Gasteiger charge is -2.23. The van der Waals surface area contributed by atoms with Crippen molar-refractivity contribution in [2.24, 2.45) is 0 Å². The van der Waals surface area contributed by atoms with Gasteiger partial charge < -0.3 is 29.6 Å². The minimum Gasteiger partial charge on any atom is -0.491 e. The van der Waals surface area contributed by atoms with E-state index < -0.39 is 76.6 Å². The zero-order valence-corrected chi connectivity index (χ0v) is 16.9. The Morgan fingerprint density at radius 2 is 1.82 bits per heavy atom. The first kappa shape index (κ1) is 25.7. The number of halogens is 5. The lowest BCUT2D eigenvalue weighted by Crippen LogP contribution is -2.41. The number of alkyl halides is 3. The van der Waals surface area contributed by atoms with Gasteiger partial charge in [-0.25, -0.2) is 13.6 Å². The molecule has 1 atom stereocenters. The van der Waals surface area contributed by atoms with Crippen molar-refractivity contribution in [1.82, 2.24) is 9.88 Å². The Kier molecular flexibility index (Phi) is 7.76. The molecule has 2 rings (SSSR count). The molecule has 0 aliphatic heterocycles. The maximum atomic E-state index is 14.0. The van der Waals surface area contributed by atoms with Crippen molar-refractivity contribution in [1.29, 1.82) is 0 Å². The number of amides is 1. The third-order valence-corrected chi connectivity index (χ3v) is 4.30. The summed E-state index contributed by atoms with van der Waals surface area (Å²) in [5.41, 5.74) is -4.11. The number of ether oxygens (including phenoxy) is 2. The van der Waals surface area contributed by atoms with E-state index in [0.717, 1.165) is 14.2 Å². The molecule has 0 saturated carbocycles. The minimum absolute atomic E-state index is 0.185. The van der Waals surface area contributed by atoms with Crippen LogP contribution in [-0.4, -0.2) is 53.3 Å². The molecule has 180 valence electrons. The summed E-state index contributed by atoms with van der Waals surface area (Å²) in [6.07, 6.45) is -6.79. The van der Waals surface area contributed by atoms with Gasteiger partial charge in [0, 0.05) is 17.8 Å². The Morgan fingerprint density at radius 3 is 2.30 bits per heavy atom. The highest BCUT2D eigenvalue weighted by molar-refractivity contribution is 5.97. The first-order valence-corrected chi connectivity index (χ1v) is 8.90. The number of carbonyl (C=O) groups is 2. The van der Waals surface area contributed by atoms with Crippen molar-refractivity contribution in [3.63, 3.8) is 0 Å². The van der Waals surface area contributed by atoms with Crippen LogP contribution in [-0.2, 0) is 11.3 Å². The summed E-state index contributed by atoms with van der Waals surface area (Å²) in [6.45, 7) is -0.809. The first-order chi connectivity index (χ1) is 15.3. The molecule has 14 heteroatoms. The van der Waals surface area contributed by atoms with E-state index in [1.165, 1.54) is 5.32 Å². The normalized spacial score (nSPS) is 12.4. The Balaban J connectivity index is 2.63. The number of aliphatic hydroxyl groups is 2. The SMILES string of the molecule is COC(=O)c1c(OC)c(=O)c(C(=O)N[C@@H](c2ccc(F)cc2F)C(F)(F)F)cn1CC(O)O. The molecule has 0 radical (unpaired) electrons. The number of methoxy groups -OCH3 is 2. The van der Waals surface area contributed by atoms with Gasteiger partial charge in [0.1, 0.15) is 17.2 Å². The topological polar surface area (TPSA) is 127 Å². The van der Waals surface area contributed by atoms with Crippen LogP contribution in [0.25, 0.3) is 0 Å². The lowest BCUT2D eigenvalue weighted by atomic mass is 10.0. The van der Waals surface area contributed by atoms with Crippen LogP contribution in [0.4, 0.5) is 22.0 Å². The highest BCUT2D eigenvalue weighted by atomic mass is 19.4. The van der Waals surface area contributed by atoms with Gasteiger partial charge in [-0.05, 0) is 6.07 Å². The van der Waals surface area contributed by atoms with E-state index in [1.54, 1.807) is 0 Å². The molecule has 1 aromatic carbocycles. The monoisotopic (exact) mass is 480 g/mol. The molecule has 0 spiro atoms. The number of esters is 1. The van der Waals surface area contributed by atoms with Gasteiger partial charge in [0.15, 0.2) is 23.8 Å². The van der Waals surface area contributed by atoms with Gasteiger partial charge in [0.05, 0.1) is 20.8 Å². The maximum Gasteiger partial charge on any atom is 0.412 e. The third kappa shape index (κ3) is 5.64. The molecule has 1 aromatic heterocycles. The lowest BCUT2D eigenvalue weighted by molar-refractivity contribution is -0.155. The zero-order chi connectivity index (χ0) is 25.1. The highest BCUT2D eigenvalue weighted by Crippen LogP contribution is 2.34. The number of benzene rings is 1. The van der Waals surface area contributed by atoms with Crippen molar-refractivity contribution >= 4 is 11.9 Å². The smallest absolute Gasteiger partial charge is 0.412 e. The van der Waals surface area contributed by atoms with Crippen LogP contribution >= 0.6 is 0 Å². The van der Waals surface area contributed by atoms with Gasteiger partial charge in [0.2, 0.25) is 5.43 Å². The van der Waals surface area contributed by atoms with E-state index >= 15 is 0 Å². The first-order valence-electron chi connectivity index (χ1n) is 8.90. The molecule has 3 N–H and O–H groups in total. The standard InChI is InChI=1S/C19H17F5N2O7/c1-32-15-13(18(31)33-2)26(7-12(27)28)6-10(14(15)29)17(30)25-16(19(22,23)24)9-4-3-8(20)5-11(9)21/h3-6,12,16,27-28H,7H2,1-2H3,(H,25,30)/t16-/m0/s1. The maximum absolute atomic E-state index is 14.0. The predicted octanol–water partition coefficient (Wildman–Crippen LogP) is 1.27. The summed E-state index contributed by atoms with van der Waals surface area (Å²) in [4.78, 5) is 37.3. The molecule has 0 aliphatic rings. The number of nitrogens with one attached hydrogen (secondary N) is 1. The van der Waals surface area contributed by atoms with Crippen LogP contribution in [0.2, 0.25) is 0 Å².